The van der Waals surface area contributed by atoms with Crippen molar-refractivity contribution < 1.29 is 9.53 Å². The number of ether oxygens (including phenoxy) is 1. The van der Waals surface area contributed by atoms with E-state index < -0.39 is 0 Å². The Bertz CT molecular complexity index is 272. The van der Waals surface area contributed by atoms with Crippen LogP contribution in [0.1, 0.15) is 0 Å². The average molecular weight is 267 g/mol. The molecule has 0 aliphatic rings. The average Bonchev–Trinajstić information content (AvgIpc) is 2.47. The van der Waals surface area contributed by atoms with Gasteiger partial charge in [0.1, 0.15) is 0 Å². The van der Waals surface area contributed by atoms with Crippen molar-refractivity contribution in [1.82, 2.24) is 0 Å². The summed E-state index contributed by atoms with van der Waals surface area (Å²) >= 11 is 6.45. The standard InChI is InChI=1S/C7H7BrO2S2/c1-10-6(9)4-11-7-3-2-5(8)12-7/h2-3H,4H2,1H3. The molecule has 0 radical (unpaired) electrons. The van der Waals surface area contributed by atoms with Crippen LogP contribution in [0.4, 0.5) is 0 Å². The summed E-state index contributed by atoms with van der Waals surface area (Å²) in [6, 6.07) is 3.94. The zero-order chi connectivity index (χ0) is 8.97. The number of thiophene rings is 1. The summed E-state index contributed by atoms with van der Waals surface area (Å²) in [5, 5.41) is 0. The molecule has 2 nitrogen and oxygen atoms in total. The molecule has 0 unspecified atom stereocenters. The summed E-state index contributed by atoms with van der Waals surface area (Å²) in [5.74, 6) is 0.188. The van der Waals surface area contributed by atoms with Crippen molar-refractivity contribution in [2.45, 2.75) is 4.21 Å². The van der Waals surface area contributed by atoms with E-state index in [0.29, 0.717) is 5.75 Å². The molecule has 0 aliphatic carbocycles. The van der Waals surface area contributed by atoms with Crippen LogP contribution in [0.5, 0.6) is 0 Å². The first-order valence-corrected chi connectivity index (χ1v) is 5.77. The molecule has 0 spiro atoms. The molecule has 1 aromatic heterocycles. The first kappa shape index (κ1) is 10.1. The number of carbonyl (C=O) groups excluding carboxylic acids is 1. The van der Waals surface area contributed by atoms with E-state index in [1.807, 2.05) is 12.1 Å². The lowest BCUT2D eigenvalue weighted by Crippen LogP contribution is -2.02. The Morgan fingerprint density at radius 2 is 2.50 bits per heavy atom. The maximum absolute atomic E-state index is 10.7. The van der Waals surface area contributed by atoms with Crippen LogP contribution >= 0.6 is 39.0 Å². The maximum atomic E-state index is 10.7. The first-order valence-electron chi connectivity index (χ1n) is 3.17. The molecule has 1 aromatic rings. The number of esters is 1. The second kappa shape index (κ2) is 4.89. The van der Waals surface area contributed by atoms with Crippen LogP contribution in [0.2, 0.25) is 0 Å². The fourth-order valence-corrected chi connectivity index (χ4v) is 3.23. The van der Waals surface area contributed by atoms with Crippen LogP contribution in [0.15, 0.2) is 20.1 Å². The van der Waals surface area contributed by atoms with Gasteiger partial charge in [0, 0.05) is 0 Å². The molecule has 66 valence electrons. The van der Waals surface area contributed by atoms with Gasteiger partial charge >= 0.3 is 5.97 Å². The molecule has 0 bridgehead atoms. The Balaban J connectivity index is 2.38. The first-order chi connectivity index (χ1) is 5.72. The van der Waals surface area contributed by atoms with Gasteiger partial charge in [-0.25, -0.2) is 0 Å². The molecular formula is C7H7BrO2S2. The van der Waals surface area contributed by atoms with Crippen molar-refractivity contribution in [3.8, 4) is 0 Å². The van der Waals surface area contributed by atoms with Crippen molar-refractivity contribution in [3.63, 3.8) is 0 Å². The van der Waals surface area contributed by atoms with Gasteiger partial charge in [-0.05, 0) is 28.1 Å². The van der Waals surface area contributed by atoms with Crippen LogP contribution in [0.3, 0.4) is 0 Å². The van der Waals surface area contributed by atoms with Crippen LogP contribution < -0.4 is 0 Å². The third kappa shape index (κ3) is 3.16. The minimum absolute atomic E-state index is 0.190. The van der Waals surface area contributed by atoms with Crippen LogP contribution in [-0.2, 0) is 9.53 Å². The van der Waals surface area contributed by atoms with Crippen LogP contribution in [0.25, 0.3) is 0 Å². The minimum atomic E-state index is -0.190. The third-order valence-corrected chi connectivity index (χ3v) is 3.93. The summed E-state index contributed by atoms with van der Waals surface area (Å²) < 4.78 is 6.71. The molecule has 0 N–H and O–H groups in total. The minimum Gasteiger partial charge on any atom is -0.468 e. The van der Waals surface area contributed by atoms with Gasteiger partial charge in [-0.1, -0.05) is 0 Å². The molecule has 1 rings (SSSR count). The molecule has 12 heavy (non-hydrogen) atoms. The Morgan fingerprint density at radius 3 is 3.00 bits per heavy atom. The van der Waals surface area contributed by atoms with Crippen molar-refractivity contribution in [3.05, 3.63) is 15.9 Å². The number of methoxy groups -OCH3 is 1. The summed E-state index contributed by atoms with van der Waals surface area (Å²) in [5.41, 5.74) is 0. The van der Waals surface area contributed by atoms with Gasteiger partial charge in [0.05, 0.1) is 20.9 Å². The van der Waals surface area contributed by atoms with Gasteiger partial charge in [-0.15, -0.1) is 23.1 Å². The van der Waals surface area contributed by atoms with Crippen molar-refractivity contribution >= 4 is 45.0 Å². The molecule has 0 amide bonds. The Hall–Kier alpha value is -0.0000000000000000833. The second-order valence-corrected chi connectivity index (χ2v) is 5.66. The van der Waals surface area contributed by atoms with E-state index >= 15 is 0 Å². The quantitative estimate of drug-likeness (QED) is 0.622. The highest BCUT2D eigenvalue weighted by atomic mass is 79.9. The van der Waals surface area contributed by atoms with E-state index in [4.69, 9.17) is 0 Å². The summed E-state index contributed by atoms with van der Waals surface area (Å²) in [4.78, 5) is 10.7. The number of hydrogen-bond acceptors (Lipinski definition) is 4. The molecule has 0 aliphatic heterocycles. The molecular weight excluding hydrogens is 260 g/mol. The van der Waals surface area contributed by atoms with Crippen molar-refractivity contribution in [1.29, 1.82) is 0 Å². The zero-order valence-corrected chi connectivity index (χ0v) is 9.59. The maximum Gasteiger partial charge on any atom is 0.316 e. The molecule has 0 saturated carbocycles. The normalized spacial score (nSPS) is 9.83. The van der Waals surface area contributed by atoms with Crippen molar-refractivity contribution in [2.24, 2.45) is 0 Å². The topological polar surface area (TPSA) is 26.3 Å². The number of thioether (sulfide) groups is 1. The largest absolute Gasteiger partial charge is 0.468 e. The summed E-state index contributed by atoms with van der Waals surface area (Å²) in [6.07, 6.45) is 0. The zero-order valence-electron chi connectivity index (χ0n) is 6.37. The van der Waals surface area contributed by atoms with E-state index in [1.165, 1.54) is 18.9 Å². The highest BCUT2D eigenvalue weighted by molar-refractivity contribution is 9.11. The second-order valence-electron chi connectivity index (χ2n) is 1.92. The fourth-order valence-electron chi connectivity index (χ4n) is 0.564. The Labute approximate surface area is 87.4 Å². The monoisotopic (exact) mass is 266 g/mol. The van der Waals surface area contributed by atoms with E-state index in [1.54, 1.807) is 11.3 Å². The van der Waals surface area contributed by atoms with Gasteiger partial charge in [0.2, 0.25) is 0 Å². The molecule has 5 heteroatoms. The Kier molecular flexibility index (Phi) is 4.11. The SMILES string of the molecule is COC(=O)CSc1ccc(Br)s1. The number of halogens is 1. The third-order valence-electron chi connectivity index (χ3n) is 1.11. The number of hydrogen-bond donors (Lipinski definition) is 0. The highest BCUT2D eigenvalue weighted by Crippen LogP contribution is 2.30. The number of carbonyl (C=O) groups is 1. The lowest BCUT2D eigenvalue weighted by Gasteiger charge is -1.95. The molecule has 0 fully saturated rings. The van der Waals surface area contributed by atoms with Gasteiger partial charge in [-0.3, -0.25) is 4.79 Å². The smallest absolute Gasteiger partial charge is 0.316 e. The molecule has 1 heterocycles. The van der Waals surface area contributed by atoms with Gasteiger partial charge in [0.15, 0.2) is 0 Å². The lowest BCUT2D eigenvalue weighted by atomic mass is 10.7. The molecule has 0 saturated heterocycles. The van der Waals surface area contributed by atoms with Gasteiger partial charge in [-0.2, -0.15) is 0 Å². The predicted molar refractivity (Wildman–Crippen MR) is 54.8 cm³/mol. The summed E-state index contributed by atoms with van der Waals surface area (Å²) in [7, 11) is 1.40. The predicted octanol–water partition coefficient (Wildman–Crippen LogP) is 2.78. The van der Waals surface area contributed by atoms with Crippen LogP contribution in [-0.4, -0.2) is 18.8 Å². The van der Waals surface area contributed by atoms with Gasteiger partial charge < -0.3 is 4.74 Å². The van der Waals surface area contributed by atoms with Crippen LogP contribution in [0, 0.1) is 0 Å². The van der Waals surface area contributed by atoms with E-state index in [9.17, 15) is 4.79 Å². The van der Waals surface area contributed by atoms with Gasteiger partial charge in [0.25, 0.3) is 0 Å². The Morgan fingerprint density at radius 1 is 1.75 bits per heavy atom. The van der Waals surface area contributed by atoms with E-state index in [2.05, 4.69) is 20.7 Å². The van der Waals surface area contributed by atoms with E-state index in [-0.39, 0.29) is 5.97 Å². The van der Waals surface area contributed by atoms with E-state index in [0.717, 1.165) is 8.00 Å². The fraction of sp³-hybridized carbons (Fsp3) is 0.286. The molecule has 0 aromatic carbocycles. The summed E-state index contributed by atoms with van der Waals surface area (Å²) in [6.45, 7) is 0. The lowest BCUT2D eigenvalue weighted by molar-refractivity contribution is -0.137. The number of rotatable bonds is 3. The highest BCUT2D eigenvalue weighted by Gasteiger charge is 2.03. The van der Waals surface area contributed by atoms with Crippen molar-refractivity contribution in [2.75, 3.05) is 12.9 Å². The molecule has 0 atom stereocenters.